The molecular weight excluding hydrogens is 202 g/mol. The van der Waals surface area contributed by atoms with Crippen LogP contribution in [0.15, 0.2) is 17.3 Å². The minimum Gasteiger partial charge on any atom is -0.248 e. The first-order valence-corrected chi connectivity index (χ1v) is 5.39. The molecule has 1 heterocycles. The second-order valence-electron chi connectivity index (χ2n) is 4.01. The molecule has 0 amide bonds. The predicted octanol–water partition coefficient (Wildman–Crippen LogP) is 3.93. The number of nitrogens with zero attached hydrogens (tertiary/aromatic N) is 1. The lowest BCUT2D eigenvalue weighted by Crippen LogP contribution is -2.07. The summed E-state index contributed by atoms with van der Waals surface area (Å²) >= 11 is 7.75. The maximum absolute atomic E-state index is 6.05. The van der Waals surface area contributed by atoms with E-state index in [-0.39, 0.29) is 4.75 Å². The van der Waals surface area contributed by atoms with E-state index in [1.165, 1.54) is 0 Å². The molecule has 0 saturated heterocycles. The molecule has 72 valence electrons. The molecule has 1 aromatic rings. The fourth-order valence-electron chi connectivity index (χ4n) is 0.886. The van der Waals surface area contributed by atoms with E-state index < -0.39 is 0 Å². The molecular formula is C10H14ClNS. The summed E-state index contributed by atoms with van der Waals surface area (Å²) in [6.45, 7) is 8.44. The number of pyridine rings is 1. The maximum atomic E-state index is 6.05. The van der Waals surface area contributed by atoms with Gasteiger partial charge in [0.1, 0.15) is 5.03 Å². The molecule has 0 aliphatic carbocycles. The number of hydrogen-bond donors (Lipinski definition) is 0. The zero-order valence-corrected chi connectivity index (χ0v) is 9.96. The Morgan fingerprint density at radius 1 is 1.38 bits per heavy atom. The van der Waals surface area contributed by atoms with Crippen LogP contribution in [0.2, 0.25) is 5.02 Å². The van der Waals surface area contributed by atoms with Crippen molar-refractivity contribution in [1.29, 1.82) is 0 Å². The van der Waals surface area contributed by atoms with Gasteiger partial charge in [0, 0.05) is 10.9 Å². The summed E-state index contributed by atoms with van der Waals surface area (Å²) in [6, 6.07) is 1.95. The van der Waals surface area contributed by atoms with E-state index in [4.69, 9.17) is 11.6 Å². The molecule has 0 atom stereocenters. The molecule has 0 unspecified atom stereocenters. The van der Waals surface area contributed by atoms with Gasteiger partial charge in [0.25, 0.3) is 0 Å². The number of aromatic nitrogens is 1. The standard InChI is InChI=1S/C10H14ClNS/c1-7-5-8(11)9(12-6-7)13-10(2,3)4/h5-6H,1-4H3. The lowest BCUT2D eigenvalue weighted by atomic mass is 10.3. The summed E-state index contributed by atoms with van der Waals surface area (Å²) in [5.74, 6) is 0. The molecule has 0 aliphatic heterocycles. The van der Waals surface area contributed by atoms with Gasteiger partial charge < -0.3 is 0 Å². The summed E-state index contributed by atoms with van der Waals surface area (Å²) in [5.41, 5.74) is 1.10. The summed E-state index contributed by atoms with van der Waals surface area (Å²) < 4.78 is 0.159. The monoisotopic (exact) mass is 215 g/mol. The highest BCUT2D eigenvalue weighted by atomic mass is 35.5. The quantitative estimate of drug-likeness (QED) is 0.659. The molecule has 3 heteroatoms. The molecule has 0 saturated carbocycles. The van der Waals surface area contributed by atoms with E-state index in [1.807, 2.05) is 19.2 Å². The summed E-state index contributed by atoms with van der Waals surface area (Å²) in [5, 5.41) is 1.67. The average Bonchev–Trinajstić information content (AvgIpc) is 1.93. The van der Waals surface area contributed by atoms with Crippen molar-refractivity contribution in [2.24, 2.45) is 0 Å². The molecule has 1 rings (SSSR count). The van der Waals surface area contributed by atoms with Gasteiger partial charge in [0.2, 0.25) is 0 Å². The minimum absolute atomic E-state index is 0.159. The van der Waals surface area contributed by atoms with Gasteiger partial charge in [-0.25, -0.2) is 4.98 Å². The van der Waals surface area contributed by atoms with Crippen LogP contribution in [0, 0.1) is 6.92 Å². The van der Waals surface area contributed by atoms with Gasteiger partial charge in [0.15, 0.2) is 0 Å². The first-order chi connectivity index (χ1) is 5.88. The minimum atomic E-state index is 0.159. The van der Waals surface area contributed by atoms with Crippen LogP contribution in [-0.4, -0.2) is 9.73 Å². The Bertz CT molecular complexity index is 304. The normalized spacial score (nSPS) is 11.8. The fourth-order valence-corrected chi connectivity index (χ4v) is 2.06. The predicted molar refractivity (Wildman–Crippen MR) is 59.6 cm³/mol. The second kappa shape index (κ2) is 3.89. The van der Waals surface area contributed by atoms with Crippen molar-refractivity contribution in [3.8, 4) is 0 Å². The Morgan fingerprint density at radius 3 is 2.46 bits per heavy atom. The van der Waals surface area contributed by atoms with Gasteiger partial charge in [0.05, 0.1) is 5.02 Å². The van der Waals surface area contributed by atoms with E-state index in [0.717, 1.165) is 15.6 Å². The highest BCUT2D eigenvalue weighted by Crippen LogP contribution is 2.34. The Kier molecular flexibility index (Phi) is 3.25. The number of thioether (sulfide) groups is 1. The average molecular weight is 216 g/mol. The van der Waals surface area contributed by atoms with Gasteiger partial charge in [-0.3, -0.25) is 0 Å². The third kappa shape index (κ3) is 3.57. The molecule has 0 N–H and O–H groups in total. The summed E-state index contributed by atoms with van der Waals surface area (Å²) in [4.78, 5) is 4.29. The van der Waals surface area contributed by atoms with Gasteiger partial charge in [-0.1, -0.05) is 44.1 Å². The number of hydrogen-bond acceptors (Lipinski definition) is 2. The number of halogens is 1. The smallest absolute Gasteiger partial charge is 0.115 e. The second-order valence-corrected chi connectivity index (χ2v) is 6.24. The van der Waals surface area contributed by atoms with Gasteiger partial charge in [-0.15, -0.1) is 0 Å². The molecule has 0 spiro atoms. The zero-order valence-electron chi connectivity index (χ0n) is 8.39. The number of rotatable bonds is 1. The van der Waals surface area contributed by atoms with Crippen LogP contribution in [-0.2, 0) is 0 Å². The molecule has 0 radical (unpaired) electrons. The van der Waals surface area contributed by atoms with E-state index in [0.29, 0.717) is 0 Å². The highest BCUT2D eigenvalue weighted by molar-refractivity contribution is 8.00. The van der Waals surface area contributed by atoms with E-state index >= 15 is 0 Å². The summed E-state index contributed by atoms with van der Waals surface area (Å²) in [6.07, 6.45) is 1.85. The van der Waals surface area contributed by atoms with Crippen molar-refractivity contribution < 1.29 is 0 Å². The lowest BCUT2D eigenvalue weighted by molar-refractivity contribution is 0.799. The van der Waals surface area contributed by atoms with Crippen molar-refractivity contribution in [1.82, 2.24) is 4.98 Å². The van der Waals surface area contributed by atoms with Crippen LogP contribution in [0.25, 0.3) is 0 Å². The Morgan fingerprint density at radius 2 is 2.00 bits per heavy atom. The van der Waals surface area contributed by atoms with Crippen LogP contribution in [0.5, 0.6) is 0 Å². The van der Waals surface area contributed by atoms with Crippen molar-refractivity contribution in [2.45, 2.75) is 37.5 Å². The molecule has 1 nitrogen and oxygen atoms in total. The first-order valence-electron chi connectivity index (χ1n) is 4.20. The van der Waals surface area contributed by atoms with Crippen LogP contribution >= 0.6 is 23.4 Å². The molecule has 0 aromatic carbocycles. The van der Waals surface area contributed by atoms with Crippen LogP contribution in [0.4, 0.5) is 0 Å². The fraction of sp³-hybridized carbons (Fsp3) is 0.500. The van der Waals surface area contributed by atoms with E-state index in [2.05, 4.69) is 25.8 Å². The van der Waals surface area contributed by atoms with Crippen LogP contribution in [0.1, 0.15) is 26.3 Å². The molecule has 1 aromatic heterocycles. The Hall–Kier alpha value is -0.210. The first kappa shape index (κ1) is 10.9. The third-order valence-corrected chi connectivity index (χ3v) is 2.88. The van der Waals surface area contributed by atoms with Crippen molar-refractivity contribution in [2.75, 3.05) is 0 Å². The van der Waals surface area contributed by atoms with Crippen molar-refractivity contribution in [3.05, 3.63) is 22.8 Å². The summed E-state index contributed by atoms with van der Waals surface area (Å²) in [7, 11) is 0. The molecule has 0 aliphatic rings. The van der Waals surface area contributed by atoms with Crippen LogP contribution in [0.3, 0.4) is 0 Å². The van der Waals surface area contributed by atoms with Gasteiger partial charge in [-0.2, -0.15) is 0 Å². The van der Waals surface area contributed by atoms with Crippen LogP contribution < -0.4 is 0 Å². The third-order valence-electron chi connectivity index (χ3n) is 1.35. The van der Waals surface area contributed by atoms with E-state index in [9.17, 15) is 0 Å². The molecule has 13 heavy (non-hydrogen) atoms. The lowest BCUT2D eigenvalue weighted by Gasteiger charge is -2.17. The number of aryl methyl sites for hydroxylation is 1. The Balaban J connectivity index is 2.90. The van der Waals surface area contributed by atoms with Crippen molar-refractivity contribution >= 4 is 23.4 Å². The topological polar surface area (TPSA) is 12.9 Å². The van der Waals surface area contributed by atoms with Gasteiger partial charge in [-0.05, 0) is 18.6 Å². The zero-order chi connectivity index (χ0) is 10.1. The molecule has 0 fully saturated rings. The van der Waals surface area contributed by atoms with Crippen molar-refractivity contribution in [3.63, 3.8) is 0 Å². The maximum Gasteiger partial charge on any atom is 0.115 e. The SMILES string of the molecule is Cc1cnc(SC(C)(C)C)c(Cl)c1. The Labute approximate surface area is 88.9 Å². The van der Waals surface area contributed by atoms with E-state index in [1.54, 1.807) is 11.8 Å². The highest BCUT2D eigenvalue weighted by Gasteiger charge is 2.15. The van der Waals surface area contributed by atoms with Gasteiger partial charge >= 0.3 is 0 Å². The molecule has 0 bridgehead atoms. The largest absolute Gasteiger partial charge is 0.248 e.